The summed E-state index contributed by atoms with van der Waals surface area (Å²) in [6.07, 6.45) is 1.29. The molecule has 0 amide bonds. The number of carboxylic acid groups (broad SMARTS) is 1. The van der Waals surface area contributed by atoms with Crippen LogP contribution in [0.2, 0.25) is 0 Å². The zero-order valence-corrected chi connectivity index (χ0v) is 6.63. The van der Waals surface area contributed by atoms with E-state index >= 15 is 0 Å². The molecule has 0 aromatic rings. The van der Waals surface area contributed by atoms with Gasteiger partial charge in [0, 0.05) is 17.6 Å². The fraction of sp³-hybridized carbons (Fsp3) is 0.500. The Kier molecular flexibility index (Phi) is 5.56. The second-order valence-electron chi connectivity index (χ2n) is 1.80. The number of rotatable bonds is 5. The lowest BCUT2D eigenvalue weighted by Crippen LogP contribution is -2.32. The Balaban J connectivity index is 3.38. The van der Waals surface area contributed by atoms with Crippen LogP contribution in [0.25, 0.3) is 0 Å². The highest BCUT2D eigenvalue weighted by Crippen LogP contribution is 2.00. The Morgan fingerprint density at radius 2 is 2.45 bits per heavy atom. The van der Waals surface area contributed by atoms with Gasteiger partial charge in [-0.2, -0.15) is 11.8 Å². The topological polar surface area (TPSA) is 80.4 Å². The third kappa shape index (κ3) is 5.66. The molecule has 11 heavy (non-hydrogen) atoms. The molecule has 0 aromatic heterocycles. The summed E-state index contributed by atoms with van der Waals surface area (Å²) in [5, 5.41) is 8.31. The molecule has 3 N–H and O–H groups in total. The van der Waals surface area contributed by atoms with Gasteiger partial charge in [0.25, 0.3) is 0 Å². The van der Waals surface area contributed by atoms with E-state index in [0.29, 0.717) is 11.5 Å². The van der Waals surface area contributed by atoms with Crippen LogP contribution in [-0.2, 0) is 9.59 Å². The van der Waals surface area contributed by atoms with Crippen molar-refractivity contribution in [3.8, 4) is 0 Å². The second kappa shape index (κ2) is 5.97. The first-order valence-electron chi connectivity index (χ1n) is 2.94. The molecule has 4 nitrogen and oxygen atoms in total. The van der Waals surface area contributed by atoms with Gasteiger partial charge in [-0.1, -0.05) is 0 Å². The van der Waals surface area contributed by atoms with Crippen molar-refractivity contribution in [3.05, 3.63) is 6.08 Å². The molecule has 0 fully saturated rings. The highest BCUT2D eigenvalue weighted by molar-refractivity contribution is 7.99. The van der Waals surface area contributed by atoms with E-state index in [1.54, 1.807) is 5.94 Å². The van der Waals surface area contributed by atoms with Gasteiger partial charge in [-0.15, -0.1) is 0 Å². The van der Waals surface area contributed by atoms with Crippen molar-refractivity contribution in [2.24, 2.45) is 5.73 Å². The van der Waals surface area contributed by atoms with Gasteiger partial charge in [0.15, 0.2) is 0 Å². The number of carboxylic acids is 1. The lowest BCUT2D eigenvalue weighted by molar-refractivity contribution is -0.137. The molecule has 1 atom stereocenters. The van der Waals surface area contributed by atoms with Gasteiger partial charge in [-0.3, -0.25) is 4.79 Å². The van der Waals surface area contributed by atoms with E-state index in [9.17, 15) is 9.59 Å². The molecule has 0 bridgehead atoms. The molecule has 0 radical (unpaired) electrons. The zero-order valence-electron chi connectivity index (χ0n) is 5.82. The SMILES string of the molecule is N[C@@H](CSCC=C=O)C(=O)O. The van der Waals surface area contributed by atoms with Crippen LogP contribution in [0.1, 0.15) is 0 Å². The van der Waals surface area contributed by atoms with Crippen LogP contribution in [0, 0.1) is 0 Å². The summed E-state index contributed by atoms with van der Waals surface area (Å²) < 4.78 is 0. The summed E-state index contributed by atoms with van der Waals surface area (Å²) in [6, 6.07) is -0.847. The second-order valence-corrected chi connectivity index (χ2v) is 2.88. The summed E-state index contributed by atoms with van der Waals surface area (Å²) in [6.45, 7) is 0. The number of thioether (sulfide) groups is 1. The number of carbonyl (C=O) groups excluding carboxylic acids is 1. The van der Waals surface area contributed by atoms with E-state index in [-0.39, 0.29) is 0 Å². The summed E-state index contributed by atoms with van der Waals surface area (Å²) in [5.74, 6) is 1.34. The lowest BCUT2D eigenvalue weighted by Gasteiger charge is -2.02. The van der Waals surface area contributed by atoms with Crippen molar-refractivity contribution in [2.45, 2.75) is 6.04 Å². The van der Waals surface area contributed by atoms with E-state index in [4.69, 9.17) is 10.8 Å². The molecular formula is C6H9NO3S. The highest BCUT2D eigenvalue weighted by Gasteiger charge is 2.09. The predicted octanol–water partition coefficient (Wildman–Crippen LogP) is -0.481. The van der Waals surface area contributed by atoms with E-state index in [1.165, 1.54) is 17.8 Å². The fourth-order valence-electron chi connectivity index (χ4n) is 0.359. The maximum Gasteiger partial charge on any atom is 0.321 e. The fourth-order valence-corrected chi connectivity index (χ4v) is 1.08. The average Bonchev–Trinajstić information content (AvgIpc) is 1.97. The van der Waals surface area contributed by atoms with E-state index < -0.39 is 12.0 Å². The standard InChI is InChI=1S/C6H9NO3S/c7-5(6(9)10)4-11-3-1-2-8/h1,5H,3-4,7H2,(H,9,10)/t5-/m0/s1. The minimum atomic E-state index is -1.02. The summed E-state index contributed by atoms with van der Waals surface area (Å²) in [7, 11) is 0. The zero-order chi connectivity index (χ0) is 8.69. The monoisotopic (exact) mass is 175 g/mol. The first-order valence-corrected chi connectivity index (χ1v) is 4.09. The van der Waals surface area contributed by atoms with Crippen molar-refractivity contribution in [2.75, 3.05) is 11.5 Å². The largest absolute Gasteiger partial charge is 0.480 e. The van der Waals surface area contributed by atoms with Gasteiger partial charge in [-0.25, -0.2) is 4.79 Å². The predicted molar refractivity (Wildman–Crippen MR) is 43.2 cm³/mol. The third-order valence-corrected chi connectivity index (χ3v) is 1.90. The third-order valence-electron chi connectivity index (χ3n) is 0.899. The van der Waals surface area contributed by atoms with Gasteiger partial charge in [0.2, 0.25) is 0 Å². The number of nitrogens with two attached hydrogens (primary N) is 1. The van der Waals surface area contributed by atoms with Crippen molar-refractivity contribution in [3.63, 3.8) is 0 Å². The Morgan fingerprint density at radius 3 is 2.91 bits per heavy atom. The van der Waals surface area contributed by atoms with Gasteiger partial charge < -0.3 is 10.8 Å². The van der Waals surface area contributed by atoms with Crippen molar-refractivity contribution in [1.82, 2.24) is 0 Å². The number of hydrogen-bond acceptors (Lipinski definition) is 4. The molecule has 0 saturated carbocycles. The lowest BCUT2D eigenvalue weighted by atomic mass is 10.4. The summed E-state index contributed by atoms with van der Waals surface area (Å²) in [4.78, 5) is 19.8. The molecule has 0 aromatic carbocycles. The molecule has 0 rings (SSSR count). The molecule has 0 aliphatic rings. The van der Waals surface area contributed by atoms with Crippen molar-refractivity contribution in [1.29, 1.82) is 0 Å². The highest BCUT2D eigenvalue weighted by atomic mass is 32.2. The van der Waals surface area contributed by atoms with Gasteiger partial charge >= 0.3 is 5.97 Å². The minimum absolute atomic E-state index is 0.313. The van der Waals surface area contributed by atoms with Crippen molar-refractivity contribution >= 4 is 23.7 Å². The first-order chi connectivity index (χ1) is 5.18. The Morgan fingerprint density at radius 1 is 1.82 bits per heavy atom. The van der Waals surface area contributed by atoms with Gasteiger partial charge in [0.1, 0.15) is 12.0 Å². The molecule has 5 heteroatoms. The van der Waals surface area contributed by atoms with E-state index in [2.05, 4.69) is 0 Å². The molecular weight excluding hydrogens is 166 g/mol. The van der Waals surface area contributed by atoms with Crippen LogP contribution in [0.5, 0.6) is 0 Å². The minimum Gasteiger partial charge on any atom is -0.480 e. The van der Waals surface area contributed by atoms with Crippen LogP contribution in [0.4, 0.5) is 0 Å². The number of aliphatic carboxylic acids is 1. The van der Waals surface area contributed by atoms with Gasteiger partial charge in [0.05, 0.1) is 0 Å². The van der Waals surface area contributed by atoms with Crippen LogP contribution in [0.15, 0.2) is 6.08 Å². The quantitative estimate of drug-likeness (QED) is 0.435. The molecule has 0 aliphatic carbocycles. The Bertz CT molecular complexity index is 177. The molecule has 0 saturated heterocycles. The molecule has 0 heterocycles. The summed E-state index contributed by atoms with van der Waals surface area (Å²) in [5.41, 5.74) is 5.17. The summed E-state index contributed by atoms with van der Waals surface area (Å²) >= 11 is 1.29. The number of hydrogen-bond donors (Lipinski definition) is 2. The van der Waals surface area contributed by atoms with Crippen LogP contribution in [-0.4, -0.2) is 34.6 Å². The molecule has 0 unspecified atom stereocenters. The van der Waals surface area contributed by atoms with E-state index in [1.807, 2.05) is 0 Å². The van der Waals surface area contributed by atoms with Crippen molar-refractivity contribution < 1.29 is 14.7 Å². The molecule has 0 aliphatic heterocycles. The van der Waals surface area contributed by atoms with E-state index in [0.717, 1.165) is 0 Å². The maximum atomic E-state index is 10.1. The smallest absolute Gasteiger partial charge is 0.321 e. The number of carbonyl (C=O) groups is 1. The van der Waals surface area contributed by atoms with Gasteiger partial charge in [-0.05, 0) is 0 Å². The first kappa shape index (κ1) is 10.2. The van der Waals surface area contributed by atoms with Crippen LogP contribution < -0.4 is 5.73 Å². The molecule has 0 spiro atoms. The Hall–Kier alpha value is -0.770. The Labute approximate surface area is 68.5 Å². The maximum absolute atomic E-state index is 10.1. The average molecular weight is 175 g/mol. The van der Waals surface area contributed by atoms with Crippen LogP contribution >= 0.6 is 11.8 Å². The van der Waals surface area contributed by atoms with Crippen LogP contribution in [0.3, 0.4) is 0 Å². The molecule has 62 valence electrons. The normalized spacial score (nSPS) is 11.7.